The smallest absolute Gasteiger partial charge is 0.333 e. The molecular weight excluding hydrogens is 438 g/mol. The van der Waals surface area contributed by atoms with E-state index in [4.69, 9.17) is 6.57 Å². The molecule has 170 valence electrons. The van der Waals surface area contributed by atoms with E-state index in [1.807, 2.05) is 59.7 Å². The Morgan fingerprint density at radius 1 is 0.971 bits per heavy atom. The summed E-state index contributed by atoms with van der Waals surface area (Å²) in [4.78, 5) is 21.2. The van der Waals surface area contributed by atoms with E-state index in [0.29, 0.717) is 12.2 Å². The monoisotopic (exact) mass is 459 g/mol. The molecule has 1 N–H and O–H groups in total. The van der Waals surface area contributed by atoms with Crippen LogP contribution in [0.25, 0.3) is 38.9 Å². The zero-order chi connectivity index (χ0) is 23.5. The van der Waals surface area contributed by atoms with Gasteiger partial charge in [-0.2, -0.15) is 0 Å². The molecular formula is C27H21N7O. The first-order valence-electron chi connectivity index (χ1n) is 11.6. The Hall–Kier alpha value is -4.61. The minimum Gasteiger partial charge on any atom is -0.340 e. The Bertz CT molecular complexity index is 1690. The molecule has 35 heavy (non-hydrogen) atoms. The van der Waals surface area contributed by atoms with Gasteiger partial charge in [0.2, 0.25) is 0 Å². The van der Waals surface area contributed by atoms with E-state index in [-0.39, 0.29) is 11.7 Å². The van der Waals surface area contributed by atoms with Gasteiger partial charge in [0.25, 0.3) is 0 Å². The van der Waals surface area contributed by atoms with Crippen LogP contribution in [0, 0.1) is 6.57 Å². The van der Waals surface area contributed by atoms with Gasteiger partial charge in [-0.25, -0.2) is 14.6 Å². The summed E-state index contributed by atoms with van der Waals surface area (Å²) in [7, 11) is 0. The van der Waals surface area contributed by atoms with Gasteiger partial charge in [-0.3, -0.25) is 13.7 Å². The Morgan fingerprint density at radius 2 is 1.83 bits per heavy atom. The van der Waals surface area contributed by atoms with Crippen LogP contribution in [0.1, 0.15) is 11.6 Å². The van der Waals surface area contributed by atoms with Crippen molar-refractivity contribution in [2.75, 3.05) is 13.1 Å². The summed E-state index contributed by atoms with van der Waals surface area (Å²) < 4.78 is 7.85. The standard InChI is InChI=1S/C27H21N7O/c1-28-21-4-2-18(3-5-21)19-13-25-26-30-8-9-34(26)24-7-6-22(12-20(24)17-31(25)16-19)32-10-11-33(27(32)35)23-14-29-15-23/h2-13,16,23,29H,14-15,17H2. The number of hydrogen-bond acceptors (Lipinski definition) is 3. The van der Waals surface area contributed by atoms with Crippen molar-refractivity contribution in [2.45, 2.75) is 12.6 Å². The summed E-state index contributed by atoms with van der Waals surface area (Å²) in [6.45, 7) is 9.51. The second-order valence-corrected chi connectivity index (χ2v) is 9.00. The molecule has 2 aliphatic rings. The van der Waals surface area contributed by atoms with Crippen molar-refractivity contribution in [3.05, 3.63) is 107 Å². The molecule has 0 unspecified atom stereocenters. The summed E-state index contributed by atoms with van der Waals surface area (Å²) in [5, 5.41) is 3.23. The Kier molecular flexibility index (Phi) is 4.22. The molecule has 8 heteroatoms. The molecule has 5 aromatic rings. The lowest BCUT2D eigenvalue weighted by Gasteiger charge is -2.27. The predicted molar refractivity (Wildman–Crippen MR) is 133 cm³/mol. The molecule has 2 aromatic carbocycles. The summed E-state index contributed by atoms with van der Waals surface area (Å²) in [6.07, 6.45) is 9.66. The van der Waals surface area contributed by atoms with Crippen LogP contribution in [-0.2, 0) is 6.54 Å². The van der Waals surface area contributed by atoms with Gasteiger partial charge < -0.3 is 9.88 Å². The third-order valence-electron chi connectivity index (χ3n) is 6.99. The van der Waals surface area contributed by atoms with Crippen LogP contribution in [0.5, 0.6) is 0 Å². The second kappa shape index (κ2) is 7.45. The van der Waals surface area contributed by atoms with E-state index in [2.05, 4.69) is 48.7 Å². The van der Waals surface area contributed by atoms with Crippen molar-refractivity contribution in [3.8, 4) is 34.0 Å². The van der Waals surface area contributed by atoms with Crippen LogP contribution < -0.4 is 11.0 Å². The topological polar surface area (TPSA) is 66.1 Å². The SMILES string of the molecule is [C-]#[N+]c1ccc(-c2cc3n(c2)Cc2cc(-n4ccn(C5CNC5)c4=O)ccc2-n2ccnc2-3)cc1. The van der Waals surface area contributed by atoms with Crippen LogP contribution in [0.3, 0.4) is 0 Å². The summed E-state index contributed by atoms with van der Waals surface area (Å²) in [6, 6.07) is 16.2. The molecule has 0 radical (unpaired) electrons. The van der Waals surface area contributed by atoms with Crippen molar-refractivity contribution in [1.29, 1.82) is 0 Å². The fourth-order valence-corrected chi connectivity index (χ4v) is 5.00. The maximum atomic E-state index is 13.1. The van der Waals surface area contributed by atoms with Gasteiger partial charge in [0.15, 0.2) is 11.5 Å². The highest BCUT2D eigenvalue weighted by Gasteiger charge is 2.24. The first-order valence-corrected chi connectivity index (χ1v) is 11.6. The van der Waals surface area contributed by atoms with Crippen LogP contribution in [-0.4, -0.2) is 36.3 Å². The van der Waals surface area contributed by atoms with Crippen molar-refractivity contribution in [3.63, 3.8) is 0 Å². The van der Waals surface area contributed by atoms with E-state index >= 15 is 0 Å². The van der Waals surface area contributed by atoms with Gasteiger partial charge in [-0.1, -0.05) is 24.3 Å². The molecule has 2 aliphatic heterocycles. The van der Waals surface area contributed by atoms with E-state index in [9.17, 15) is 4.79 Å². The number of imidazole rings is 2. The number of nitrogens with zero attached hydrogens (tertiary/aromatic N) is 6. The van der Waals surface area contributed by atoms with Crippen LogP contribution >= 0.6 is 0 Å². The molecule has 7 rings (SSSR count). The molecule has 8 nitrogen and oxygen atoms in total. The van der Waals surface area contributed by atoms with Gasteiger partial charge in [-0.05, 0) is 35.4 Å². The number of benzene rings is 2. The molecule has 0 aliphatic carbocycles. The minimum atomic E-state index is -0.0137. The highest BCUT2D eigenvalue weighted by Crippen LogP contribution is 2.35. The third kappa shape index (κ3) is 3.02. The molecule has 3 aromatic heterocycles. The second-order valence-electron chi connectivity index (χ2n) is 9.00. The molecule has 0 atom stereocenters. The fraction of sp³-hybridized carbons (Fsp3) is 0.148. The third-order valence-corrected chi connectivity index (χ3v) is 6.99. The highest BCUT2D eigenvalue weighted by atomic mass is 16.1. The zero-order valence-corrected chi connectivity index (χ0v) is 18.8. The maximum Gasteiger partial charge on any atom is 0.333 e. The number of aromatic nitrogens is 5. The Balaban J connectivity index is 1.32. The van der Waals surface area contributed by atoms with E-state index in [0.717, 1.165) is 52.7 Å². The molecule has 1 saturated heterocycles. The number of fused-ring (bicyclic) bond motifs is 5. The van der Waals surface area contributed by atoms with Crippen LogP contribution in [0.4, 0.5) is 5.69 Å². The van der Waals surface area contributed by atoms with Gasteiger partial charge in [0.05, 0.1) is 29.7 Å². The molecule has 0 amide bonds. The molecule has 0 spiro atoms. The molecule has 5 heterocycles. The van der Waals surface area contributed by atoms with E-state index < -0.39 is 0 Å². The first-order chi connectivity index (χ1) is 17.2. The van der Waals surface area contributed by atoms with E-state index in [1.165, 1.54) is 0 Å². The lowest BCUT2D eigenvalue weighted by molar-refractivity contribution is 0.335. The first kappa shape index (κ1) is 19.8. The molecule has 1 fully saturated rings. The van der Waals surface area contributed by atoms with Crippen molar-refractivity contribution < 1.29 is 0 Å². The predicted octanol–water partition coefficient (Wildman–Crippen LogP) is 4.02. The average Bonchev–Trinajstić information content (AvgIpc) is 3.56. The van der Waals surface area contributed by atoms with Gasteiger partial charge in [-0.15, -0.1) is 0 Å². The summed E-state index contributed by atoms with van der Waals surface area (Å²) in [5.41, 5.74) is 6.80. The molecule has 0 bridgehead atoms. The Morgan fingerprint density at radius 3 is 2.60 bits per heavy atom. The fourth-order valence-electron chi connectivity index (χ4n) is 5.00. The van der Waals surface area contributed by atoms with Crippen molar-refractivity contribution >= 4 is 5.69 Å². The lowest BCUT2D eigenvalue weighted by Crippen LogP contribution is -2.46. The summed E-state index contributed by atoms with van der Waals surface area (Å²) >= 11 is 0. The minimum absolute atomic E-state index is 0.0137. The Labute approximate surface area is 201 Å². The van der Waals surface area contributed by atoms with Crippen LogP contribution in [0.15, 0.2) is 84.3 Å². The number of hydrogen-bond donors (Lipinski definition) is 1. The van der Waals surface area contributed by atoms with Gasteiger partial charge >= 0.3 is 5.69 Å². The maximum absolute atomic E-state index is 13.1. The number of rotatable bonds is 3. The van der Waals surface area contributed by atoms with Gasteiger partial charge in [0.1, 0.15) is 0 Å². The van der Waals surface area contributed by atoms with Crippen molar-refractivity contribution in [1.82, 2.24) is 28.6 Å². The average molecular weight is 460 g/mol. The largest absolute Gasteiger partial charge is 0.340 e. The van der Waals surface area contributed by atoms with Gasteiger partial charge in [0, 0.05) is 56.2 Å². The number of nitrogens with one attached hydrogen (secondary N) is 1. The summed E-state index contributed by atoms with van der Waals surface area (Å²) in [5.74, 6) is 0.876. The van der Waals surface area contributed by atoms with Crippen LogP contribution in [0.2, 0.25) is 0 Å². The zero-order valence-electron chi connectivity index (χ0n) is 18.8. The lowest BCUT2D eigenvalue weighted by atomic mass is 10.1. The van der Waals surface area contributed by atoms with E-state index in [1.54, 1.807) is 4.57 Å². The van der Waals surface area contributed by atoms with Crippen molar-refractivity contribution in [2.24, 2.45) is 0 Å². The normalized spacial score (nSPS) is 14.4. The quantitative estimate of drug-likeness (QED) is 0.407. The molecule has 0 saturated carbocycles. The highest BCUT2D eigenvalue weighted by molar-refractivity contribution is 5.73.